The molecule has 26 heavy (non-hydrogen) atoms. The minimum absolute atomic E-state index is 0.323. The van der Waals surface area contributed by atoms with Crippen LogP contribution in [0.25, 0.3) is 0 Å². The predicted molar refractivity (Wildman–Crippen MR) is 105 cm³/mol. The first-order valence-electron chi connectivity index (χ1n) is 9.80. The van der Waals surface area contributed by atoms with E-state index in [1.807, 2.05) is 13.1 Å². The molecule has 1 atom stereocenters. The first-order valence-corrected chi connectivity index (χ1v) is 9.80. The molecule has 2 aliphatic heterocycles. The molecule has 2 N–H and O–H groups in total. The molecule has 0 saturated carbocycles. The second-order valence-electron chi connectivity index (χ2n) is 7.28. The predicted octanol–water partition coefficient (Wildman–Crippen LogP) is 2.24. The van der Waals surface area contributed by atoms with E-state index in [0.717, 1.165) is 37.0 Å². The van der Waals surface area contributed by atoms with Gasteiger partial charge in [-0.2, -0.15) is 0 Å². The average Bonchev–Trinajstić information content (AvgIpc) is 3.13. The Morgan fingerprint density at radius 1 is 1.15 bits per heavy atom. The number of fused-ring (bicyclic) bond motifs is 1. The summed E-state index contributed by atoms with van der Waals surface area (Å²) in [6.45, 7) is 8.09. The monoisotopic (exact) mass is 360 g/mol. The van der Waals surface area contributed by atoms with Crippen LogP contribution in [0.4, 0.5) is 0 Å². The summed E-state index contributed by atoms with van der Waals surface area (Å²) in [6, 6.07) is 6.12. The van der Waals surface area contributed by atoms with Gasteiger partial charge in [-0.1, -0.05) is 19.4 Å². The molecule has 1 saturated heterocycles. The standard InChI is InChI=1S/C20H32N4O2/c1-16(14-24-10-4-3-5-11-24)13-23-20(21-2)22-9-8-17-6-7-18-19(12-17)26-15-25-18/h6-7,12,16H,3-5,8-11,13-15H2,1-2H3,(H2,21,22,23). The second-order valence-corrected chi connectivity index (χ2v) is 7.28. The van der Waals surface area contributed by atoms with Crippen LogP contribution in [-0.4, -0.2) is 57.4 Å². The Labute approximate surface area is 157 Å². The quantitative estimate of drug-likeness (QED) is 0.577. The third kappa shape index (κ3) is 5.53. The zero-order valence-corrected chi connectivity index (χ0v) is 16.1. The number of guanidine groups is 1. The van der Waals surface area contributed by atoms with Gasteiger partial charge in [0.25, 0.3) is 0 Å². The van der Waals surface area contributed by atoms with E-state index in [1.54, 1.807) is 0 Å². The third-order valence-electron chi connectivity index (χ3n) is 5.00. The van der Waals surface area contributed by atoms with Gasteiger partial charge >= 0.3 is 0 Å². The SMILES string of the molecule is CN=C(NCCc1ccc2c(c1)OCO2)NCC(C)CN1CCCCC1. The van der Waals surface area contributed by atoms with Gasteiger partial charge in [-0.3, -0.25) is 4.99 Å². The molecule has 1 fully saturated rings. The van der Waals surface area contributed by atoms with Crippen LogP contribution in [0.1, 0.15) is 31.7 Å². The maximum Gasteiger partial charge on any atom is 0.231 e. The molecule has 0 amide bonds. The molecule has 0 radical (unpaired) electrons. The van der Waals surface area contributed by atoms with Gasteiger partial charge in [0.05, 0.1) is 0 Å². The van der Waals surface area contributed by atoms with Crippen molar-refractivity contribution in [3.63, 3.8) is 0 Å². The van der Waals surface area contributed by atoms with Gasteiger partial charge in [0.15, 0.2) is 17.5 Å². The zero-order valence-electron chi connectivity index (χ0n) is 16.1. The maximum absolute atomic E-state index is 5.43. The van der Waals surface area contributed by atoms with Crippen LogP contribution < -0.4 is 20.1 Å². The lowest BCUT2D eigenvalue weighted by atomic mass is 10.1. The summed E-state index contributed by atoms with van der Waals surface area (Å²) in [6.07, 6.45) is 5.01. The Balaban J connectivity index is 1.35. The topological polar surface area (TPSA) is 58.1 Å². The van der Waals surface area contributed by atoms with Gasteiger partial charge in [-0.05, 0) is 56.0 Å². The third-order valence-corrected chi connectivity index (χ3v) is 5.00. The summed E-state index contributed by atoms with van der Waals surface area (Å²) in [4.78, 5) is 6.92. The summed E-state index contributed by atoms with van der Waals surface area (Å²) >= 11 is 0. The highest BCUT2D eigenvalue weighted by molar-refractivity contribution is 5.79. The van der Waals surface area contributed by atoms with Gasteiger partial charge in [0.2, 0.25) is 6.79 Å². The number of ether oxygens (including phenoxy) is 2. The van der Waals surface area contributed by atoms with Gasteiger partial charge < -0.3 is 25.0 Å². The number of hydrogen-bond donors (Lipinski definition) is 2. The minimum Gasteiger partial charge on any atom is -0.454 e. The van der Waals surface area contributed by atoms with Crippen molar-refractivity contribution in [2.24, 2.45) is 10.9 Å². The first-order chi connectivity index (χ1) is 12.7. The molecule has 0 bridgehead atoms. The highest BCUT2D eigenvalue weighted by atomic mass is 16.7. The molecule has 3 rings (SSSR count). The van der Waals surface area contributed by atoms with E-state index in [9.17, 15) is 0 Å². The summed E-state index contributed by atoms with van der Waals surface area (Å²) in [5.41, 5.74) is 1.23. The Hall–Kier alpha value is -1.95. The van der Waals surface area contributed by atoms with Crippen molar-refractivity contribution in [3.8, 4) is 11.5 Å². The Morgan fingerprint density at radius 2 is 1.96 bits per heavy atom. The van der Waals surface area contributed by atoms with Crippen molar-refractivity contribution in [1.29, 1.82) is 0 Å². The molecule has 1 aromatic carbocycles. The molecule has 6 heteroatoms. The number of nitrogens with one attached hydrogen (secondary N) is 2. The molecular formula is C20H32N4O2. The Kier molecular flexibility index (Phi) is 7.00. The Morgan fingerprint density at radius 3 is 2.77 bits per heavy atom. The number of benzene rings is 1. The fourth-order valence-corrected chi connectivity index (χ4v) is 3.56. The number of rotatable bonds is 7. The highest BCUT2D eigenvalue weighted by Crippen LogP contribution is 2.32. The lowest BCUT2D eigenvalue weighted by Gasteiger charge is -2.29. The lowest BCUT2D eigenvalue weighted by molar-refractivity contribution is 0.174. The van der Waals surface area contributed by atoms with Crippen LogP contribution in [0.2, 0.25) is 0 Å². The number of hydrogen-bond acceptors (Lipinski definition) is 4. The smallest absolute Gasteiger partial charge is 0.231 e. The van der Waals surface area contributed by atoms with E-state index in [2.05, 4.69) is 39.6 Å². The maximum atomic E-state index is 5.43. The van der Waals surface area contributed by atoms with Crippen molar-refractivity contribution in [2.75, 3.05) is 46.6 Å². The van der Waals surface area contributed by atoms with Crippen LogP contribution in [-0.2, 0) is 6.42 Å². The first kappa shape index (κ1) is 18.8. The van der Waals surface area contributed by atoms with Crippen LogP contribution >= 0.6 is 0 Å². The lowest BCUT2D eigenvalue weighted by Crippen LogP contribution is -2.42. The van der Waals surface area contributed by atoms with Gasteiger partial charge in [0, 0.05) is 26.7 Å². The molecule has 1 aromatic rings. The normalized spacial score (nSPS) is 18.6. The van der Waals surface area contributed by atoms with Crippen molar-refractivity contribution in [2.45, 2.75) is 32.6 Å². The van der Waals surface area contributed by atoms with Gasteiger partial charge in [-0.15, -0.1) is 0 Å². The molecule has 0 spiro atoms. The number of likely N-dealkylation sites (tertiary alicyclic amines) is 1. The fourth-order valence-electron chi connectivity index (χ4n) is 3.56. The highest BCUT2D eigenvalue weighted by Gasteiger charge is 2.14. The average molecular weight is 361 g/mol. The largest absolute Gasteiger partial charge is 0.454 e. The van der Waals surface area contributed by atoms with E-state index >= 15 is 0 Å². The van der Waals surface area contributed by atoms with Gasteiger partial charge in [-0.25, -0.2) is 0 Å². The molecule has 2 aliphatic rings. The van der Waals surface area contributed by atoms with E-state index < -0.39 is 0 Å². The van der Waals surface area contributed by atoms with Crippen molar-refractivity contribution < 1.29 is 9.47 Å². The fraction of sp³-hybridized carbons (Fsp3) is 0.650. The summed E-state index contributed by atoms with van der Waals surface area (Å²) in [5.74, 6) is 3.16. The van der Waals surface area contributed by atoms with E-state index in [4.69, 9.17) is 9.47 Å². The number of nitrogens with zero attached hydrogens (tertiary/aromatic N) is 2. The van der Waals surface area contributed by atoms with Crippen molar-refractivity contribution in [3.05, 3.63) is 23.8 Å². The molecule has 144 valence electrons. The summed E-state index contributed by atoms with van der Waals surface area (Å²) in [5, 5.41) is 6.85. The molecular weight excluding hydrogens is 328 g/mol. The van der Waals surface area contributed by atoms with Gasteiger partial charge in [0.1, 0.15) is 0 Å². The Bertz CT molecular complexity index is 599. The van der Waals surface area contributed by atoms with Crippen LogP contribution in [0.3, 0.4) is 0 Å². The zero-order chi connectivity index (χ0) is 18.2. The minimum atomic E-state index is 0.323. The summed E-state index contributed by atoms with van der Waals surface area (Å²) < 4.78 is 10.8. The number of piperidine rings is 1. The van der Waals surface area contributed by atoms with E-state index in [-0.39, 0.29) is 0 Å². The van der Waals surface area contributed by atoms with Crippen LogP contribution in [0.15, 0.2) is 23.2 Å². The molecule has 1 unspecified atom stereocenters. The van der Waals surface area contributed by atoms with Crippen molar-refractivity contribution >= 4 is 5.96 Å². The molecule has 0 aromatic heterocycles. The summed E-state index contributed by atoms with van der Waals surface area (Å²) in [7, 11) is 1.82. The van der Waals surface area contributed by atoms with Crippen LogP contribution in [0, 0.1) is 5.92 Å². The van der Waals surface area contributed by atoms with Crippen molar-refractivity contribution in [1.82, 2.24) is 15.5 Å². The van der Waals surface area contributed by atoms with Crippen LogP contribution in [0.5, 0.6) is 11.5 Å². The van der Waals surface area contributed by atoms with E-state index in [0.29, 0.717) is 12.7 Å². The van der Waals surface area contributed by atoms with E-state index in [1.165, 1.54) is 44.5 Å². The second kappa shape index (κ2) is 9.67. The molecule has 0 aliphatic carbocycles. The number of aliphatic imine (C=N–C) groups is 1. The molecule has 2 heterocycles. The molecule has 6 nitrogen and oxygen atoms in total.